The maximum absolute atomic E-state index is 14.2. The molecule has 0 unspecified atom stereocenters. The number of aromatic nitrogens is 1. The highest BCUT2D eigenvalue weighted by molar-refractivity contribution is 7.20. The number of halogens is 27. The summed E-state index contributed by atoms with van der Waals surface area (Å²) < 4.78 is 380. The lowest BCUT2D eigenvalue weighted by molar-refractivity contribution is -0.688. The van der Waals surface area contributed by atoms with Crippen molar-refractivity contribution in [1.82, 2.24) is 0 Å². The second-order valence-electron chi connectivity index (χ2n) is 16.0. The van der Waals surface area contributed by atoms with Crippen LogP contribution < -0.4 is 26.4 Å². The van der Waals surface area contributed by atoms with E-state index in [-0.39, 0.29) is 0 Å². The van der Waals surface area contributed by atoms with Crippen LogP contribution in [0.2, 0.25) is 0 Å². The Morgan fingerprint density at radius 1 is 0.257 bits per heavy atom. The van der Waals surface area contributed by atoms with E-state index in [0.717, 1.165) is 17.7 Å². The number of nitrogens with zero attached hydrogens (tertiary/aromatic N) is 1. The smallest absolute Gasteiger partial charge is 0.201 e. The molecule has 1 heterocycles. The van der Waals surface area contributed by atoms with Gasteiger partial charge in [0.25, 0.3) is 0 Å². The van der Waals surface area contributed by atoms with Crippen molar-refractivity contribution in [1.29, 1.82) is 0 Å². The molecule has 29 heteroatoms. The summed E-state index contributed by atoms with van der Waals surface area (Å²) in [5.74, 6) is 0. The third-order valence-electron chi connectivity index (χ3n) is 10.9. The van der Waals surface area contributed by atoms with Crippen molar-refractivity contribution in [3.05, 3.63) is 183 Å². The zero-order valence-corrected chi connectivity index (χ0v) is 35.6. The van der Waals surface area contributed by atoms with Crippen LogP contribution in [0.5, 0.6) is 0 Å². The molecule has 74 heavy (non-hydrogen) atoms. The molecule has 6 rings (SSSR count). The van der Waals surface area contributed by atoms with Crippen molar-refractivity contribution in [2.75, 3.05) is 0 Å². The highest BCUT2D eigenvalue weighted by Crippen LogP contribution is 2.41. The molecule has 1 nitrogen and oxygen atoms in total. The number of alkyl halides is 27. The lowest BCUT2D eigenvalue weighted by atomic mass is 9.12. The fraction of sp³-hybridized carbons (Fsp3) is 0.222. The lowest BCUT2D eigenvalue weighted by Gasteiger charge is -2.46. The number of rotatable bonds is 6. The first-order valence-corrected chi connectivity index (χ1v) is 19.8. The average molecular weight is 1100 g/mol. The summed E-state index contributed by atoms with van der Waals surface area (Å²) in [5, 5.41) is 0. The van der Waals surface area contributed by atoms with Crippen LogP contribution >= 0.6 is 0 Å². The van der Waals surface area contributed by atoms with Crippen LogP contribution in [0.15, 0.2) is 128 Å². The molecule has 5 aromatic carbocycles. The van der Waals surface area contributed by atoms with Gasteiger partial charge in [0.1, 0.15) is 6.15 Å². The Morgan fingerprint density at radius 2 is 0.459 bits per heavy atom. The van der Waals surface area contributed by atoms with Gasteiger partial charge in [-0.25, -0.2) is 4.57 Å². The number of benzene rings is 5. The van der Waals surface area contributed by atoms with Crippen LogP contribution in [-0.4, -0.2) is 6.15 Å². The quantitative estimate of drug-likeness (QED) is 0.0889. The first-order valence-electron chi connectivity index (χ1n) is 19.8. The van der Waals surface area contributed by atoms with Crippen molar-refractivity contribution < 1.29 is 123 Å². The summed E-state index contributed by atoms with van der Waals surface area (Å²) >= 11 is 0. The van der Waals surface area contributed by atoms with Gasteiger partial charge in [-0.15, -0.1) is 0 Å². The largest absolute Gasteiger partial charge is 0.416 e. The molecular formula is C45H23BF27N. The maximum Gasteiger partial charge on any atom is 0.416 e. The van der Waals surface area contributed by atoms with Crippen LogP contribution in [0.4, 0.5) is 119 Å². The van der Waals surface area contributed by atoms with Gasteiger partial charge in [0, 0.05) is 17.7 Å². The summed E-state index contributed by atoms with van der Waals surface area (Å²) in [6.45, 7) is 0.568. The SMILES string of the molecule is FC(F)(F)c1cc([B-](c2cc(C(F)(F)F)cc(C(F)(F)F)c2)(c2cc(C(F)(F)F)cc(C(F)(F)F)c2)c2cc(C(F)(F)F)cc(C(F)(F)F)c2)cc(C(F)(F)F)c1.FC(F)(F)c1cc[n+](Cc2ccccc2)cc1. The third kappa shape index (κ3) is 13.6. The molecule has 0 saturated heterocycles. The van der Waals surface area contributed by atoms with Crippen molar-refractivity contribution >= 4 is 28.0 Å². The molecule has 0 spiro atoms. The minimum absolute atomic E-state index is 0.568. The maximum atomic E-state index is 14.2. The Bertz CT molecular complexity index is 2490. The molecule has 400 valence electrons. The fourth-order valence-electron chi connectivity index (χ4n) is 7.62. The Labute approximate surface area is 396 Å². The predicted octanol–water partition coefficient (Wildman–Crippen LogP) is 14.3. The minimum Gasteiger partial charge on any atom is -0.201 e. The summed E-state index contributed by atoms with van der Waals surface area (Å²) in [7, 11) is 0. The molecule has 0 N–H and O–H groups in total. The van der Waals surface area contributed by atoms with Crippen molar-refractivity contribution in [3.63, 3.8) is 0 Å². The summed E-state index contributed by atoms with van der Waals surface area (Å²) in [6.07, 6.45) is -56.2. The second-order valence-corrected chi connectivity index (χ2v) is 16.0. The molecule has 0 aliphatic carbocycles. The van der Waals surface area contributed by atoms with Crippen LogP contribution in [-0.2, 0) is 62.1 Å². The van der Waals surface area contributed by atoms with Gasteiger partial charge in [0.15, 0.2) is 18.9 Å². The van der Waals surface area contributed by atoms with Gasteiger partial charge in [-0.3, -0.25) is 0 Å². The summed E-state index contributed by atoms with van der Waals surface area (Å²) in [4.78, 5) is 0. The van der Waals surface area contributed by atoms with E-state index >= 15 is 0 Å². The topological polar surface area (TPSA) is 3.88 Å². The molecule has 6 aromatic rings. The molecule has 0 amide bonds. The van der Waals surface area contributed by atoms with Gasteiger partial charge in [0.2, 0.25) is 0 Å². The molecule has 0 atom stereocenters. The zero-order chi connectivity index (χ0) is 56.2. The van der Waals surface area contributed by atoms with Crippen molar-refractivity contribution in [2.45, 2.75) is 62.1 Å². The van der Waals surface area contributed by atoms with Crippen molar-refractivity contribution in [2.24, 2.45) is 0 Å². The molecule has 0 saturated carbocycles. The predicted molar refractivity (Wildman–Crippen MR) is 207 cm³/mol. The fourth-order valence-corrected chi connectivity index (χ4v) is 7.62. The van der Waals surface area contributed by atoms with Crippen LogP contribution in [0.25, 0.3) is 0 Å². The highest BCUT2D eigenvalue weighted by atomic mass is 19.4. The van der Waals surface area contributed by atoms with E-state index in [1.807, 2.05) is 30.3 Å². The third-order valence-corrected chi connectivity index (χ3v) is 10.9. The van der Waals surface area contributed by atoms with Crippen LogP contribution in [0.1, 0.15) is 55.6 Å². The van der Waals surface area contributed by atoms with Gasteiger partial charge in [-0.2, -0.15) is 140 Å². The van der Waals surface area contributed by atoms with E-state index in [1.54, 1.807) is 4.57 Å². The Balaban J connectivity index is 0.000000500. The molecule has 0 fully saturated rings. The molecule has 0 aliphatic rings. The molecule has 0 aliphatic heterocycles. The normalized spacial score (nSPS) is 13.7. The first-order chi connectivity index (χ1) is 33.3. The summed E-state index contributed by atoms with van der Waals surface area (Å²) in [5.41, 5.74) is -29.8. The second kappa shape index (κ2) is 19.6. The van der Waals surface area contributed by atoms with Gasteiger partial charge < -0.3 is 0 Å². The van der Waals surface area contributed by atoms with Crippen LogP contribution in [0.3, 0.4) is 0 Å². The van der Waals surface area contributed by atoms with E-state index in [4.69, 9.17) is 0 Å². The zero-order valence-electron chi connectivity index (χ0n) is 35.6. The molecule has 0 bridgehead atoms. The standard InChI is InChI=1S/C32H12BF24.C13H11F3N/c34-25(35,36)13-1-14(26(37,38)39)6-21(5-13)33(22-7-15(27(40,41)42)2-16(8-22)28(43,44)45,23-9-17(29(46,47)48)3-18(10-23)30(49,50)51)24-11-19(31(52,53)54)4-20(12-24)32(55,56)57;14-13(15,16)12-6-8-17(9-7-12)10-11-4-2-1-3-5-11/h1-12H;1-9H,10H2/q-1;+1. The van der Waals surface area contributed by atoms with E-state index in [9.17, 15) is 119 Å². The van der Waals surface area contributed by atoms with Crippen molar-refractivity contribution in [3.8, 4) is 0 Å². The minimum atomic E-state index is -6.13. The van der Waals surface area contributed by atoms with Gasteiger partial charge in [0.05, 0.1) is 50.1 Å². The molecule has 1 aromatic heterocycles. The molecule has 0 radical (unpaired) electrons. The lowest BCUT2D eigenvalue weighted by Crippen LogP contribution is -2.75. The van der Waals surface area contributed by atoms with Gasteiger partial charge in [-0.1, -0.05) is 78.9 Å². The molecular weight excluding hydrogens is 1080 g/mol. The average Bonchev–Trinajstić information content (AvgIpc) is 3.24. The Morgan fingerprint density at radius 3 is 0.649 bits per heavy atom. The number of hydrogen-bond acceptors (Lipinski definition) is 0. The van der Waals surface area contributed by atoms with E-state index in [1.165, 1.54) is 12.4 Å². The Kier molecular flexibility index (Phi) is 15.5. The highest BCUT2D eigenvalue weighted by Gasteiger charge is 2.47. The van der Waals surface area contributed by atoms with Crippen LogP contribution in [0, 0.1) is 0 Å². The monoisotopic (exact) mass is 1100 g/mol. The number of pyridine rings is 1. The Hall–Kier alpha value is -6.58. The summed E-state index contributed by atoms with van der Waals surface area (Å²) in [6, 6.07) is 2.94. The van der Waals surface area contributed by atoms with Gasteiger partial charge in [-0.05, 0) is 24.3 Å². The van der Waals surface area contributed by atoms with Gasteiger partial charge >= 0.3 is 55.6 Å². The van der Waals surface area contributed by atoms with E-state index < -0.39 is 206 Å². The van der Waals surface area contributed by atoms with E-state index in [2.05, 4.69) is 0 Å². The number of hydrogen-bond donors (Lipinski definition) is 0. The van der Waals surface area contributed by atoms with E-state index in [0.29, 0.717) is 6.54 Å². The first kappa shape index (κ1) is 58.3.